The van der Waals surface area contributed by atoms with Crippen LogP contribution in [0.2, 0.25) is 0 Å². The second kappa shape index (κ2) is 9.94. The summed E-state index contributed by atoms with van der Waals surface area (Å²) in [5.74, 6) is -0.305. The Morgan fingerprint density at radius 3 is 2.77 bits per heavy atom. The summed E-state index contributed by atoms with van der Waals surface area (Å²) in [6, 6.07) is 20.7. The fraction of sp³-hybridized carbons (Fsp3) is 0.115. The highest BCUT2D eigenvalue weighted by Crippen LogP contribution is 2.20. The zero-order valence-corrected chi connectivity index (χ0v) is 19.8. The Hall–Kier alpha value is -4.24. The highest BCUT2D eigenvalue weighted by Gasteiger charge is 2.12. The number of benzene rings is 2. The Morgan fingerprint density at radius 1 is 1.06 bits per heavy atom. The fourth-order valence-electron chi connectivity index (χ4n) is 3.72. The van der Waals surface area contributed by atoms with Crippen LogP contribution in [0.15, 0.2) is 84.2 Å². The lowest BCUT2D eigenvalue weighted by atomic mass is 10.1. The molecule has 0 bridgehead atoms. The molecule has 3 heterocycles. The van der Waals surface area contributed by atoms with Gasteiger partial charge in [0.1, 0.15) is 11.5 Å². The molecular formula is C26H22FN7S. The van der Waals surface area contributed by atoms with Crippen LogP contribution in [0, 0.1) is 5.82 Å². The van der Waals surface area contributed by atoms with Crippen molar-refractivity contribution in [3.63, 3.8) is 0 Å². The minimum absolute atomic E-state index is 0.305. The van der Waals surface area contributed by atoms with Crippen LogP contribution in [-0.4, -0.2) is 30.4 Å². The van der Waals surface area contributed by atoms with Crippen LogP contribution in [0.25, 0.3) is 16.6 Å². The third-order valence-corrected chi connectivity index (χ3v) is 5.80. The molecule has 2 N–H and O–H groups in total. The molecule has 174 valence electrons. The summed E-state index contributed by atoms with van der Waals surface area (Å²) in [5, 5.41) is 13.5. The number of halogens is 1. The van der Waals surface area contributed by atoms with Gasteiger partial charge in [0.15, 0.2) is 10.8 Å². The smallest absolute Gasteiger partial charge is 0.187 e. The van der Waals surface area contributed by atoms with Gasteiger partial charge in [-0.15, -0.1) is 0 Å². The maximum absolute atomic E-state index is 14.7. The van der Waals surface area contributed by atoms with Gasteiger partial charge in [0.25, 0.3) is 0 Å². The van der Waals surface area contributed by atoms with Crippen molar-refractivity contribution in [3.05, 3.63) is 107 Å². The van der Waals surface area contributed by atoms with E-state index < -0.39 is 0 Å². The van der Waals surface area contributed by atoms with Crippen molar-refractivity contribution < 1.29 is 4.39 Å². The van der Waals surface area contributed by atoms with Gasteiger partial charge in [0.2, 0.25) is 0 Å². The number of fused-ring (bicyclic) bond motifs is 2. The molecule has 5 aromatic rings. The summed E-state index contributed by atoms with van der Waals surface area (Å²) in [5.41, 5.74) is 7.91. The minimum Gasteiger partial charge on any atom is -0.357 e. The van der Waals surface area contributed by atoms with E-state index in [-0.39, 0.29) is 5.82 Å². The summed E-state index contributed by atoms with van der Waals surface area (Å²) < 4.78 is 16.4. The number of aromatic nitrogens is 4. The number of nitrogens with one attached hydrogen (secondary N) is 2. The Bertz CT molecular complexity index is 1550. The van der Waals surface area contributed by atoms with Crippen LogP contribution in [0.5, 0.6) is 0 Å². The van der Waals surface area contributed by atoms with Crippen molar-refractivity contribution in [1.29, 1.82) is 0 Å². The van der Waals surface area contributed by atoms with E-state index in [1.54, 1.807) is 16.9 Å². The standard InChI is InChI=1S/C26H22FN7S/c1-17(31-32-26(35)30-15-18-6-3-2-4-7-18)23-9-10-25-29-16-21(34(25)33-23)13-20-12-19-8-5-11-28-24(19)14-22(20)27/h2-12,14,16H,13,15H2,1H3,(H2,30,32,35)/b31-17+. The zero-order valence-electron chi connectivity index (χ0n) is 18.9. The first-order valence-corrected chi connectivity index (χ1v) is 11.5. The average Bonchev–Trinajstić information content (AvgIpc) is 3.29. The van der Waals surface area contributed by atoms with Crippen molar-refractivity contribution in [1.82, 2.24) is 30.3 Å². The molecule has 0 aliphatic rings. The maximum Gasteiger partial charge on any atom is 0.187 e. The molecule has 35 heavy (non-hydrogen) atoms. The maximum atomic E-state index is 14.7. The topological polar surface area (TPSA) is 79.5 Å². The Kier molecular flexibility index (Phi) is 6.40. The molecule has 7 nitrogen and oxygen atoms in total. The molecule has 0 saturated carbocycles. The van der Waals surface area contributed by atoms with Crippen LogP contribution in [-0.2, 0) is 13.0 Å². The van der Waals surface area contributed by atoms with Crippen molar-refractivity contribution in [2.75, 3.05) is 0 Å². The number of hydrogen-bond acceptors (Lipinski definition) is 5. The van der Waals surface area contributed by atoms with E-state index in [0.717, 1.165) is 16.6 Å². The Morgan fingerprint density at radius 2 is 1.91 bits per heavy atom. The van der Waals surface area contributed by atoms with E-state index in [1.807, 2.05) is 67.6 Å². The predicted octanol–water partition coefficient (Wildman–Crippen LogP) is 4.40. The largest absolute Gasteiger partial charge is 0.357 e. The third-order valence-electron chi connectivity index (χ3n) is 5.57. The first-order chi connectivity index (χ1) is 17.1. The van der Waals surface area contributed by atoms with Gasteiger partial charge >= 0.3 is 0 Å². The van der Waals surface area contributed by atoms with E-state index in [1.165, 1.54) is 6.07 Å². The lowest BCUT2D eigenvalue weighted by Crippen LogP contribution is -2.32. The van der Waals surface area contributed by atoms with Gasteiger partial charge < -0.3 is 5.32 Å². The number of nitrogens with zero attached hydrogens (tertiary/aromatic N) is 5. The normalized spacial score (nSPS) is 11.7. The molecule has 0 radical (unpaired) electrons. The number of rotatable bonds is 6. The van der Waals surface area contributed by atoms with Crippen LogP contribution >= 0.6 is 12.2 Å². The van der Waals surface area contributed by atoms with Gasteiger partial charge in [0, 0.05) is 30.6 Å². The Balaban J connectivity index is 1.32. The molecule has 0 aliphatic carbocycles. The number of hydrogen-bond donors (Lipinski definition) is 2. The third kappa shape index (κ3) is 5.15. The second-order valence-electron chi connectivity index (χ2n) is 8.03. The summed E-state index contributed by atoms with van der Waals surface area (Å²) in [6.45, 7) is 2.44. The molecule has 0 saturated heterocycles. The van der Waals surface area contributed by atoms with Gasteiger partial charge in [-0.3, -0.25) is 10.4 Å². The molecule has 5 rings (SSSR count). The van der Waals surface area contributed by atoms with E-state index in [9.17, 15) is 4.39 Å². The molecule has 0 amide bonds. The fourth-order valence-corrected chi connectivity index (χ4v) is 3.83. The van der Waals surface area contributed by atoms with E-state index in [2.05, 4.69) is 30.9 Å². The molecule has 3 aromatic heterocycles. The van der Waals surface area contributed by atoms with Crippen LogP contribution in [0.1, 0.15) is 29.4 Å². The summed E-state index contributed by atoms with van der Waals surface area (Å²) in [6.07, 6.45) is 3.71. The summed E-state index contributed by atoms with van der Waals surface area (Å²) >= 11 is 5.32. The number of thiocarbonyl (C=S) groups is 1. The molecule has 2 aromatic carbocycles. The van der Waals surface area contributed by atoms with Gasteiger partial charge in [0.05, 0.1) is 23.1 Å². The van der Waals surface area contributed by atoms with Crippen molar-refractivity contribution in [2.45, 2.75) is 19.9 Å². The van der Waals surface area contributed by atoms with Crippen molar-refractivity contribution in [2.24, 2.45) is 5.10 Å². The van der Waals surface area contributed by atoms with E-state index >= 15 is 0 Å². The molecular weight excluding hydrogens is 461 g/mol. The van der Waals surface area contributed by atoms with Crippen molar-refractivity contribution in [3.8, 4) is 0 Å². The van der Waals surface area contributed by atoms with Gasteiger partial charge in [-0.25, -0.2) is 13.9 Å². The summed E-state index contributed by atoms with van der Waals surface area (Å²) in [7, 11) is 0. The SMILES string of the molecule is C/C(=N\NC(=S)NCc1ccccc1)c1ccc2ncc(Cc3cc4cccnc4cc3F)n2n1. The predicted molar refractivity (Wildman–Crippen MR) is 139 cm³/mol. The van der Waals surface area contributed by atoms with Crippen molar-refractivity contribution >= 4 is 39.6 Å². The lowest BCUT2D eigenvalue weighted by molar-refractivity contribution is 0.614. The highest BCUT2D eigenvalue weighted by molar-refractivity contribution is 7.80. The average molecular weight is 484 g/mol. The first kappa shape index (κ1) is 22.5. The molecule has 9 heteroatoms. The molecule has 0 unspecified atom stereocenters. The van der Waals surface area contributed by atoms with Gasteiger partial charge in [-0.2, -0.15) is 10.2 Å². The Labute approximate surface area is 206 Å². The van der Waals surface area contributed by atoms with Gasteiger partial charge in [-0.1, -0.05) is 36.4 Å². The van der Waals surface area contributed by atoms with Crippen LogP contribution in [0.4, 0.5) is 4.39 Å². The molecule has 0 fully saturated rings. The van der Waals surface area contributed by atoms with E-state index in [4.69, 9.17) is 12.2 Å². The van der Waals surface area contributed by atoms with E-state index in [0.29, 0.717) is 46.2 Å². The second-order valence-corrected chi connectivity index (χ2v) is 8.44. The first-order valence-electron chi connectivity index (χ1n) is 11.1. The number of pyridine rings is 1. The molecule has 0 spiro atoms. The van der Waals surface area contributed by atoms with Gasteiger partial charge in [-0.05, 0) is 54.5 Å². The minimum atomic E-state index is -0.305. The van der Waals surface area contributed by atoms with Crippen LogP contribution < -0.4 is 10.7 Å². The quantitative estimate of drug-likeness (QED) is 0.212. The van der Waals surface area contributed by atoms with Crippen LogP contribution in [0.3, 0.4) is 0 Å². The summed E-state index contributed by atoms with van der Waals surface area (Å²) in [4.78, 5) is 8.63. The lowest BCUT2D eigenvalue weighted by Gasteiger charge is -2.09. The number of imidazole rings is 1. The highest BCUT2D eigenvalue weighted by atomic mass is 32.1. The monoisotopic (exact) mass is 483 g/mol. The zero-order chi connectivity index (χ0) is 24.2. The molecule has 0 aliphatic heterocycles. The number of hydrazone groups is 1. The molecule has 0 atom stereocenters.